The van der Waals surface area contributed by atoms with Crippen molar-refractivity contribution in [1.29, 1.82) is 0 Å². The lowest BCUT2D eigenvalue weighted by Crippen LogP contribution is -2.38. The number of nitrogens with zero attached hydrogens (tertiary/aromatic N) is 2. The summed E-state index contributed by atoms with van der Waals surface area (Å²) in [5.74, 6) is 0.931. The second-order valence-corrected chi connectivity index (χ2v) is 9.79. The molecule has 4 aromatic rings. The topological polar surface area (TPSA) is 52.8 Å². The van der Waals surface area contributed by atoms with Crippen LogP contribution in [0, 0.1) is 5.82 Å². The van der Waals surface area contributed by atoms with E-state index in [1.807, 2.05) is 24.3 Å². The van der Waals surface area contributed by atoms with Crippen LogP contribution in [0.3, 0.4) is 0 Å². The predicted molar refractivity (Wildman–Crippen MR) is 139 cm³/mol. The van der Waals surface area contributed by atoms with Crippen LogP contribution >= 0.6 is 11.3 Å². The van der Waals surface area contributed by atoms with Gasteiger partial charge in [0.1, 0.15) is 5.82 Å². The number of halogens is 1. The molecule has 36 heavy (non-hydrogen) atoms. The normalized spacial score (nSPS) is 16.6. The molecular weight excluding hydrogens is 475 g/mol. The fraction of sp³-hybridized carbons (Fsp3) is 0.172. The highest BCUT2D eigenvalue weighted by Crippen LogP contribution is 2.42. The van der Waals surface area contributed by atoms with Gasteiger partial charge in [-0.25, -0.2) is 9.38 Å². The zero-order chi connectivity index (χ0) is 24.8. The first-order valence-corrected chi connectivity index (χ1v) is 12.5. The third-order valence-corrected chi connectivity index (χ3v) is 7.75. The summed E-state index contributed by atoms with van der Waals surface area (Å²) in [5.41, 5.74) is 6.00. The molecule has 2 heterocycles. The molecule has 0 amide bonds. The number of benzene rings is 3. The highest BCUT2D eigenvalue weighted by atomic mass is 32.1. The summed E-state index contributed by atoms with van der Waals surface area (Å²) in [5, 5.41) is 0. The fourth-order valence-electron chi connectivity index (χ4n) is 5.06. The summed E-state index contributed by atoms with van der Waals surface area (Å²) in [6.45, 7) is 0. The van der Waals surface area contributed by atoms with E-state index in [9.17, 15) is 9.18 Å². The summed E-state index contributed by atoms with van der Waals surface area (Å²) in [6, 6.07) is 19.9. The molecule has 1 atom stereocenters. The molecule has 0 saturated carbocycles. The van der Waals surface area contributed by atoms with Gasteiger partial charge in [0.2, 0.25) is 0 Å². The van der Waals surface area contributed by atoms with Gasteiger partial charge < -0.3 is 9.47 Å². The molecule has 0 fully saturated rings. The van der Waals surface area contributed by atoms with Crippen molar-refractivity contribution < 1.29 is 13.9 Å². The van der Waals surface area contributed by atoms with E-state index < -0.39 is 0 Å². The van der Waals surface area contributed by atoms with Crippen LogP contribution in [-0.2, 0) is 6.42 Å². The number of aryl methyl sites for hydroxylation is 1. The second-order valence-electron chi connectivity index (χ2n) is 8.78. The van der Waals surface area contributed by atoms with E-state index in [2.05, 4.69) is 18.2 Å². The molecule has 0 bridgehead atoms. The highest BCUT2D eigenvalue weighted by molar-refractivity contribution is 7.07. The maximum Gasteiger partial charge on any atom is 0.271 e. The van der Waals surface area contributed by atoms with E-state index in [1.54, 1.807) is 37.0 Å². The number of thiazole rings is 1. The summed E-state index contributed by atoms with van der Waals surface area (Å²) in [7, 11) is 3.21. The van der Waals surface area contributed by atoms with Crippen molar-refractivity contribution in [1.82, 2.24) is 4.57 Å². The largest absolute Gasteiger partial charge is 0.493 e. The van der Waals surface area contributed by atoms with E-state index in [0.717, 1.165) is 40.8 Å². The van der Waals surface area contributed by atoms with Gasteiger partial charge in [-0.1, -0.05) is 53.8 Å². The number of hydrogen-bond donors (Lipinski definition) is 0. The zero-order valence-corrected chi connectivity index (χ0v) is 20.6. The third-order valence-electron chi connectivity index (χ3n) is 6.76. The highest BCUT2D eigenvalue weighted by Gasteiger charge is 2.33. The first-order chi connectivity index (χ1) is 17.6. The average molecular weight is 499 g/mol. The Labute approximate surface area is 211 Å². The molecule has 1 aliphatic carbocycles. The van der Waals surface area contributed by atoms with Gasteiger partial charge in [0.25, 0.3) is 5.56 Å². The van der Waals surface area contributed by atoms with Gasteiger partial charge in [0.05, 0.1) is 30.5 Å². The quantitative estimate of drug-likeness (QED) is 0.417. The molecule has 0 radical (unpaired) electrons. The Bertz CT molecular complexity index is 1700. The van der Waals surface area contributed by atoms with Crippen LogP contribution in [-0.4, -0.2) is 18.8 Å². The van der Waals surface area contributed by atoms with Crippen molar-refractivity contribution in [2.45, 2.75) is 18.9 Å². The van der Waals surface area contributed by atoms with E-state index >= 15 is 0 Å². The van der Waals surface area contributed by atoms with Gasteiger partial charge in [-0.15, -0.1) is 0 Å². The first-order valence-electron chi connectivity index (χ1n) is 11.7. The molecule has 0 saturated heterocycles. The molecular formula is C29H23FN2O3S. The van der Waals surface area contributed by atoms with E-state index in [1.165, 1.54) is 29.0 Å². The molecule has 3 aromatic carbocycles. The number of allylic oxidation sites excluding steroid dienone is 1. The van der Waals surface area contributed by atoms with Crippen molar-refractivity contribution in [3.63, 3.8) is 0 Å². The monoisotopic (exact) mass is 498 g/mol. The maximum absolute atomic E-state index is 13.8. The lowest BCUT2D eigenvalue weighted by molar-refractivity contribution is 0.354. The smallest absolute Gasteiger partial charge is 0.271 e. The zero-order valence-electron chi connectivity index (χ0n) is 19.8. The Morgan fingerprint density at radius 1 is 1.00 bits per heavy atom. The second kappa shape index (κ2) is 8.91. The van der Waals surface area contributed by atoms with Gasteiger partial charge >= 0.3 is 0 Å². The van der Waals surface area contributed by atoms with E-state index in [-0.39, 0.29) is 17.4 Å². The van der Waals surface area contributed by atoms with Gasteiger partial charge in [-0.2, -0.15) is 0 Å². The van der Waals surface area contributed by atoms with Crippen molar-refractivity contribution in [2.75, 3.05) is 14.2 Å². The molecule has 0 N–H and O–H groups in total. The van der Waals surface area contributed by atoms with Gasteiger partial charge in [-0.05, 0) is 65.4 Å². The van der Waals surface area contributed by atoms with Crippen molar-refractivity contribution in [3.8, 4) is 11.5 Å². The van der Waals surface area contributed by atoms with E-state index in [4.69, 9.17) is 14.5 Å². The number of ether oxygens (including phenoxy) is 2. The summed E-state index contributed by atoms with van der Waals surface area (Å²) in [6.07, 6.45) is 3.48. The van der Waals surface area contributed by atoms with Crippen LogP contribution in [0.4, 0.5) is 4.39 Å². The summed E-state index contributed by atoms with van der Waals surface area (Å²) < 4.78 is 26.8. The molecule has 0 unspecified atom stereocenters. The van der Waals surface area contributed by atoms with Crippen LogP contribution in [0.2, 0.25) is 0 Å². The number of hydrogen-bond acceptors (Lipinski definition) is 5. The SMILES string of the molecule is COc1ccc([C@H]2C3=C(N=c4s/c(=C\c5ccc(F)cc5)c(=O)n42)c2ccccc2CC3)cc1OC. The maximum atomic E-state index is 13.8. The Morgan fingerprint density at radius 3 is 2.56 bits per heavy atom. The Hall–Kier alpha value is -3.97. The molecule has 6 rings (SSSR count). The Kier molecular flexibility index (Phi) is 5.57. The summed E-state index contributed by atoms with van der Waals surface area (Å²) in [4.78, 5) is 19.5. The van der Waals surface area contributed by atoms with Gasteiger partial charge in [0, 0.05) is 5.56 Å². The standard InChI is InChI=1S/C29H23FN2O3S/c1-34-23-14-10-19(16-24(23)35-2)27-22-13-9-18-5-3-4-6-21(18)26(22)31-29-32(27)28(33)25(36-29)15-17-7-11-20(30)12-8-17/h3-8,10-12,14-16,27H,9,13H2,1-2H3/b25-15-/t27-/m0/s1. The van der Waals surface area contributed by atoms with E-state index in [0.29, 0.717) is 20.8 Å². The van der Waals surface area contributed by atoms with Gasteiger partial charge in [-0.3, -0.25) is 9.36 Å². The van der Waals surface area contributed by atoms with Gasteiger partial charge in [0.15, 0.2) is 16.3 Å². The van der Waals surface area contributed by atoms with Crippen LogP contribution < -0.4 is 24.4 Å². The molecule has 2 aliphatic rings. The molecule has 7 heteroatoms. The molecule has 180 valence electrons. The minimum atomic E-state index is -0.320. The Balaban J connectivity index is 1.62. The van der Waals surface area contributed by atoms with Crippen molar-refractivity contribution in [2.24, 2.45) is 4.99 Å². The predicted octanol–water partition coefficient (Wildman–Crippen LogP) is 4.48. The molecule has 5 nitrogen and oxygen atoms in total. The first kappa shape index (κ1) is 22.5. The number of rotatable bonds is 4. The van der Waals surface area contributed by atoms with Crippen LogP contribution in [0.25, 0.3) is 11.8 Å². The van der Waals surface area contributed by atoms with Crippen molar-refractivity contribution >= 4 is 23.1 Å². The number of aromatic nitrogens is 1. The van der Waals surface area contributed by atoms with Crippen LogP contribution in [0.5, 0.6) is 11.5 Å². The lowest BCUT2D eigenvalue weighted by atomic mass is 9.83. The summed E-state index contributed by atoms with van der Waals surface area (Å²) >= 11 is 1.35. The molecule has 1 aliphatic heterocycles. The Morgan fingerprint density at radius 2 is 1.78 bits per heavy atom. The third kappa shape index (κ3) is 3.67. The molecule has 1 aromatic heterocycles. The lowest BCUT2D eigenvalue weighted by Gasteiger charge is -2.31. The number of fused-ring (bicyclic) bond motifs is 3. The van der Waals surface area contributed by atoms with Crippen molar-refractivity contribution in [3.05, 3.63) is 120 Å². The fourth-order valence-corrected chi connectivity index (χ4v) is 6.06. The van der Waals surface area contributed by atoms with Crippen LogP contribution in [0.15, 0.2) is 82.1 Å². The van der Waals surface area contributed by atoms with Crippen LogP contribution in [0.1, 0.15) is 34.7 Å². The molecule has 0 spiro atoms. The minimum Gasteiger partial charge on any atom is -0.493 e. The minimum absolute atomic E-state index is 0.117. The number of methoxy groups -OCH3 is 2. The average Bonchev–Trinajstić information content (AvgIpc) is 3.22.